The minimum atomic E-state index is 0.275. The lowest BCUT2D eigenvalue weighted by Crippen LogP contribution is -2.32. The van der Waals surface area contributed by atoms with E-state index in [4.69, 9.17) is 23.8 Å². The molecule has 3 nitrogen and oxygen atoms in total. The van der Waals surface area contributed by atoms with Crippen molar-refractivity contribution in [3.63, 3.8) is 0 Å². The van der Waals surface area contributed by atoms with Crippen molar-refractivity contribution in [2.45, 2.75) is 18.9 Å². The number of nitrogens with zero attached hydrogens (tertiary/aromatic N) is 1. The number of hydrogen-bond donors (Lipinski definition) is 2. The molecule has 6 heteroatoms. The lowest BCUT2D eigenvalue weighted by Gasteiger charge is -2.30. The van der Waals surface area contributed by atoms with Crippen LogP contribution in [0.2, 0.25) is 0 Å². The Kier molecular flexibility index (Phi) is 4.62. The van der Waals surface area contributed by atoms with Gasteiger partial charge in [0.15, 0.2) is 4.32 Å². The molecule has 0 saturated heterocycles. The molecule has 17 heavy (non-hydrogen) atoms. The van der Waals surface area contributed by atoms with Crippen molar-refractivity contribution in [2.75, 3.05) is 7.05 Å². The largest absolute Gasteiger partial charge is 0.307 e. The van der Waals surface area contributed by atoms with Gasteiger partial charge in [0.2, 0.25) is 0 Å². The molecule has 0 amide bonds. The summed E-state index contributed by atoms with van der Waals surface area (Å²) in [6, 6.07) is 0.275. The van der Waals surface area contributed by atoms with Crippen molar-refractivity contribution in [3.05, 3.63) is 22.1 Å². The maximum absolute atomic E-state index is 6.05. The van der Waals surface area contributed by atoms with Crippen molar-refractivity contribution in [1.29, 1.82) is 0 Å². The van der Waals surface area contributed by atoms with Crippen LogP contribution in [0.5, 0.6) is 0 Å². The molecule has 1 aliphatic heterocycles. The Labute approximate surface area is 116 Å². The van der Waals surface area contributed by atoms with Gasteiger partial charge in [0.05, 0.1) is 6.04 Å². The third-order valence-electron chi connectivity index (χ3n) is 2.78. The summed E-state index contributed by atoms with van der Waals surface area (Å²) in [4.78, 5) is 5.75. The normalized spacial score (nSPS) is 26.9. The minimum absolute atomic E-state index is 0.275. The van der Waals surface area contributed by atoms with Crippen LogP contribution in [0, 0.1) is 5.92 Å². The first-order chi connectivity index (χ1) is 8.20. The maximum Gasteiger partial charge on any atom is 0.152 e. The molecule has 92 valence electrons. The second-order valence-corrected chi connectivity index (χ2v) is 6.13. The average Bonchev–Trinajstić information content (AvgIpc) is 2.29. The quantitative estimate of drug-likeness (QED) is 0.605. The van der Waals surface area contributed by atoms with Crippen LogP contribution in [0.4, 0.5) is 0 Å². The second kappa shape index (κ2) is 6.00. The second-order valence-electron chi connectivity index (χ2n) is 3.90. The fraction of sp³-hybridized carbons (Fsp3) is 0.455. The number of nitrogens with one attached hydrogen (secondary N) is 2. The zero-order valence-corrected chi connectivity index (χ0v) is 11.8. The number of thiocarbonyl (C=S) groups is 1. The van der Waals surface area contributed by atoms with Gasteiger partial charge >= 0.3 is 0 Å². The van der Waals surface area contributed by atoms with Gasteiger partial charge in [0, 0.05) is 30.6 Å². The van der Waals surface area contributed by atoms with E-state index in [1.165, 1.54) is 4.91 Å². The van der Waals surface area contributed by atoms with E-state index in [1.807, 2.05) is 12.3 Å². The molecule has 2 rings (SSSR count). The first-order valence-corrected chi connectivity index (χ1v) is 7.03. The van der Waals surface area contributed by atoms with Crippen LogP contribution >= 0.6 is 35.6 Å². The van der Waals surface area contributed by atoms with Gasteiger partial charge in [-0.25, -0.2) is 5.43 Å². The molecule has 2 N–H and O–H groups in total. The molecule has 0 radical (unpaired) electrons. The molecular formula is C11H14ClN3S2. The summed E-state index contributed by atoms with van der Waals surface area (Å²) in [5, 5.41) is 0.922. The van der Waals surface area contributed by atoms with Crippen LogP contribution in [-0.4, -0.2) is 23.6 Å². The van der Waals surface area contributed by atoms with E-state index in [1.54, 1.807) is 18.8 Å². The fourth-order valence-electron chi connectivity index (χ4n) is 1.99. The van der Waals surface area contributed by atoms with Crippen molar-refractivity contribution in [1.82, 2.24) is 10.9 Å². The lowest BCUT2D eigenvalue weighted by molar-refractivity contribution is 0.481. The molecule has 2 atom stereocenters. The van der Waals surface area contributed by atoms with Crippen molar-refractivity contribution in [3.8, 4) is 0 Å². The molecule has 1 aliphatic carbocycles. The first-order valence-electron chi connectivity index (χ1n) is 5.43. The summed E-state index contributed by atoms with van der Waals surface area (Å²) >= 11 is 12.9. The standard InChI is InChI=1S/C11H14ClN3S2/c1-13-15-11(16)17-10-4-5-14-9-6-7(12)2-3-8(9)10/h2,4-5,8-9,13H,3,6H2,1H3,(H,15,16). The highest BCUT2D eigenvalue weighted by molar-refractivity contribution is 8.25. The van der Waals surface area contributed by atoms with Gasteiger partial charge < -0.3 is 5.43 Å². The summed E-state index contributed by atoms with van der Waals surface area (Å²) in [6.45, 7) is 0. The predicted molar refractivity (Wildman–Crippen MR) is 79.4 cm³/mol. The van der Waals surface area contributed by atoms with E-state index in [-0.39, 0.29) is 6.04 Å². The lowest BCUT2D eigenvalue weighted by atomic mass is 9.87. The zero-order chi connectivity index (χ0) is 12.3. The monoisotopic (exact) mass is 287 g/mol. The smallest absolute Gasteiger partial charge is 0.152 e. The Morgan fingerprint density at radius 1 is 1.65 bits per heavy atom. The molecule has 1 heterocycles. The molecule has 0 spiro atoms. The molecule has 0 bridgehead atoms. The summed E-state index contributed by atoms with van der Waals surface area (Å²) in [7, 11) is 1.80. The van der Waals surface area contributed by atoms with E-state index in [9.17, 15) is 0 Å². The number of hydrazine groups is 1. The van der Waals surface area contributed by atoms with Gasteiger partial charge in [0.1, 0.15) is 0 Å². The number of allylic oxidation sites excluding steroid dienone is 2. The van der Waals surface area contributed by atoms with Gasteiger partial charge in [0.25, 0.3) is 0 Å². The molecule has 0 aromatic carbocycles. The van der Waals surface area contributed by atoms with E-state index < -0.39 is 0 Å². The Bertz CT molecular complexity index is 404. The highest BCUT2D eigenvalue weighted by atomic mass is 35.5. The van der Waals surface area contributed by atoms with Crippen LogP contribution in [-0.2, 0) is 0 Å². The number of aliphatic imine (C=N–C) groups is 1. The van der Waals surface area contributed by atoms with Crippen LogP contribution in [0.1, 0.15) is 12.8 Å². The van der Waals surface area contributed by atoms with Crippen molar-refractivity contribution < 1.29 is 0 Å². The van der Waals surface area contributed by atoms with Gasteiger partial charge in [-0.05, 0) is 17.4 Å². The van der Waals surface area contributed by atoms with Crippen LogP contribution in [0.3, 0.4) is 0 Å². The number of thioether (sulfide) groups is 1. The van der Waals surface area contributed by atoms with E-state index in [0.29, 0.717) is 5.92 Å². The third-order valence-corrected chi connectivity index (χ3v) is 4.40. The fourth-order valence-corrected chi connectivity index (χ4v) is 3.53. The third kappa shape index (κ3) is 3.31. The van der Waals surface area contributed by atoms with Crippen molar-refractivity contribution in [2.24, 2.45) is 10.9 Å². The minimum Gasteiger partial charge on any atom is -0.307 e. The average molecular weight is 288 g/mol. The van der Waals surface area contributed by atoms with Crippen molar-refractivity contribution >= 4 is 46.1 Å². The number of hydrogen-bond acceptors (Lipinski definition) is 4. The highest BCUT2D eigenvalue weighted by Gasteiger charge is 2.30. The van der Waals surface area contributed by atoms with E-state index in [2.05, 4.69) is 21.9 Å². The van der Waals surface area contributed by atoms with Gasteiger partial charge in [-0.1, -0.05) is 41.7 Å². The first kappa shape index (κ1) is 13.1. The predicted octanol–water partition coefficient (Wildman–Crippen LogP) is 2.60. The molecule has 0 aromatic rings. The molecular weight excluding hydrogens is 274 g/mol. The van der Waals surface area contributed by atoms with Crippen LogP contribution in [0.15, 0.2) is 27.1 Å². The number of dihydropyridines is 1. The van der Waals surface area contributed by atoms with Gasteiger partial charge in [-0.2, -0.15) is 0 Å². The summed E-state index contributed by atoms with van der Waals surface area (Å²) in [5.41, 5.74) is 5.74. The number of fused-ring (bicyclic) bond motifs is 1. The SMILES string of the molecule is CNNC(=S)SC1=CC=NC2CC(Cl)=CCC12. The molecule has 0 aromatic heterocycles. The Balaban J connectivity index is 2.05. The number of halogens is 1. The topological polar surface area (TPSA) is 36.4 Å². The zero-order valence-electron chi connectivity index (χ0n) is 9.44. The van der Waals surface area contributed by atoms with Gasteiger partial charge in [-0.15, -0.1) is 0 Å². The summed E-state index contributed by atoms with van der Waals surface area (Å²) in [5.74, 6) is 0.420. The van der Waals surface area contributed by atoms with Crippen LogP contribution < -0.4 is 10.9 Å². The highest BCUT2D eigenvalue weighted by Crippen LogP contribution is 2.39. The Hall–Kier alpha value is -0.360. The Morgan fingerprint density at radius 2 is 2.47 bits per heavy atom. The molecule has 0 saturated carbocycles. The molecule has 2 unspecified atom stereocenters. The maximum atomic E-state index is 6.05. The van der Waals surface area contributed by atoms with Crippen LogP contribution in [0.25, 0.3) is 0 Å². The summed E-state index contributed by atoms with van der Waals surface area (Å²) < 4.78 is 0.730. The van der Waals surface area contributed by atoms with Gasteiger partial charge in [-0.3, -0.25) is 4.99 Å². The number of rotatable bonds is 2. The molecule has 2 aliphatic rings. The van der Waals surface area contributed by atoms with E-state index in [0.717, 1.165) is 22.2 Å². The Morgan fingerprint density at radius 3 is 3.24 bits per heavy atom. The molecule has 0 fully saturated rings. The van der Waals surface area contributed by atoms with E-state index >= 15 is 0 Å². The summed E-state index contributed by atoms with van der Waals surface area (Å²) in [6.07, 6.45) is 7.78.